The van der Waals surface area contributed by atoms with Gasteiger partial charge in [-0.05, 0) is 54.8 Å². The molecule has 0 aliphatic heterocycles. The second-order valence-corrected chi connectivity index (χ2v) is 7.58. The van der Waals surface area contributed by atoms with Crippen molar-refractivity contribution in [3.63, 3.8) is 0 Å². The molecular weight excluding hydrogens is 406 g/mol. The molecule has 0 aliphatic rings. The Morgan fingerprint density at radius 2 is 1.85 bits per heavy atom. The Morgan fingerprint density at radius 3 is 2.52 bits per heavy atom. The fourth-order valence-corrected chi connectivity index (χ4v) is 3.34. The number of halogens is 1. The van der Waals surface area contributed by atoms with Crippen LogP contribution in [0.4, 0.5) is 5.69 Å². The van der Waals surface area contributed by atoms with Crippen LogP contribution in [0.1, 0.15) is 34.6 Å². The van der Waals surface area contributed by atoms with Gasteiger partial charge in [0.05, 0.1) is 40.8 Å². The average molecular weight is 430 g/mol. The molecule has 0 unspecified atom stereocenters. The molecule has 2 heterocycles. The van der Waals surface area contributed by atoms with Gasteiger partial charge in [-0.2, -0.15) is 10.2 Å². The van der Waals surface area contributed by atoms with Gasteiger partial charge in [0, 0.05) is 12.1 Å². The number of carbonyl (C=O) groups is 1. The molecule has 1 amide bonds. The number of carbonyl (C=O) groups excluding carboxylic acids is 1. The lowest BCUT2D eigenvalue weighted by atomic mass is 10.1. The Morgan fingerprint density at radius 1 is 1.11 bits per heavy atom. The monoisotopic (exact) mass is 429 g/mol. The third-order valence-corrected chi connectivity index (χ3v) is 5.60. The van der Waals surface area contributed by atoms with E-state index in [1.165, 1.54) is 11.1 Å². The van der Waals surface area contributed by atoms with Gasteiger partial charge >= 0.3 is 0 Å². The molecule has 0 saturated heterocycles. The fourth-order valence-electron chi connectivity index (χ4n) is 3.04. The summed E-state index contributed by atoms with van der Waals surface area (Å²) in [5.74, 6) is -0.0392. The van der Waals surface area contributed by atoms with Gasteiger partial charge in [-0.1, -0.05) is 24.3 Å². The second-order valence-electron chi connectivity index (χ2n) is 6.73. The van der Waals surface area contributed by atoms with Crippen LogP contribution in [0, 0.1) is 27.7 Å². The van der Waals surface area contributed by atoms with E-state index in [4.69, 9.17) is 0 Å². The van der Waals surface area contributed by atoms with Crippen LogP contribution in [0.5, 0.6) is 0 Å². The normalized spacial score (nSPS) is 11.0. The van der Waals surface area contributed by atoms with E-state index in [2.05, 4.69) is 50.5 Å². The fraction of sp³-hybridized carbons (Fsp3) is 0.350. The van der Waals surface area contributed by atoms with Crippen LogP contribution < -0.4 is 5.32 Å². The number of hydrogen-bond acceptors (Lipinski definition) is 3. The van der Waals surface area contributed by atoms with Gasteiger partial charge in [0.15, 0.2) is 0 Å². The van der Waals surface area contributed by atoms with Crippen LogP contribution in [-0.2, 0) is 17.9 Å². The molecule has 3 aromatic rings. The van der Waals surface area contributed by atoms with Crippen molar-refractivity contribution in [3.05, 3.63) is 63.1 Å². The predicted octanol–water partition coefficient (Wildman–Crippen LogP) is 4.15. The van der Waals surface area contributed by atoms with Gasteiger partial charge in [-0.3, -0.25) is 14.2 Å². The molecule has 0 fully saturated rings. The number of amides is 1. The number of nitrogens with one attached hydrogen (secondary N) is 1. The first-order valence-electron chi connectivity index (χ1n) is 8.93. The highest BCUT2D eigenvalue weighted by atomic mass is 79.9. The highest BCUT2D eigenvalue weighted by Gasteiger charge is 2.15. The first kappa shape index (κ1) is 19.4. The van der Waals surface area contributed by atoms with Crippen molar-refractivity contribution in [3.8, 4) is 0 Å². The summed E-state index contributed by atoms with van der Waals surface area (Å²) in [4.78, 5) is 12.4. The Balaban J connectivity index is 1.68. The summed E-state index contributed by atoms with van der Waals surface area (Å²) in [5.41, 5.74) is 6.06. The van der Waals surface area contributed by atoms with Crippen LogP contribution in [0.3, 0.4) is 0 Å². The van der Waals surface area contributed by atoms with E-state index >= 15 is 0 Å². The summed E-state index contributed by atoms with van der Waals surface area (Å²) < 4.78 is 4.72. The van der Waals surface area contributed by atoms with Crippen LogP contribution in [0.15, 0.2) is 34.9 Å². The standard InChI is InChI=1S/C20H24BrN5O/c1-13-7-5-6-8-17(13)12-26-16(4)20(14(2)24-26)23-19(27)9-10-25-15(3)18(21)11-22-25/h5-8,11H,9-10,12H2,1-4H3,(H,23,27). The van der Waals surface area contributed by atoms with Gasteiger partial charge < -0.3 is 5.32 Å². The van der Waals surface area contributed by atoms with E-state index in [1.54, 1.807) is 6.20 Å². The smallest absolute Gasteiger partial charge is 0.226 e. The highest BCUT2D eigenvalue weighted by molar-refractivity contribution is 9.10. The van der Waals surface area contributed by atoms with E-state index in [0.29, 0.717) is 19.5 Å². The molecule has 7 heteroatoms. The van der Waals surface area contributed by atoms with Crippen LogP contribution in [0.2, 0.25) is 0 Å². The lowest BCUT2D eigenvalue weighted by Crippen LogP contribution is -2.16. The minimum atomic E-state index is -0.0392. The maximum atomic E-state index is 12.4. The average Bonchev–Trinajstić information content (AvgIpc) is 3.09. The van der Waals surface area contributed by atoms with Crippen molar-refractivity contribution in [2.24, 2.45) is 0 Å². The third-order valence-electron chi connectivity index (χ3n) is 4.82. The van der Waals surface area contributed by atoms with Crippen molar-refractivity contribution in [1.82, 2.24) is 19.6 Å². The van der Waals surface area contributed by atoms with Crippen molar-refractivity contribution in [1.29, 1.82) is 0 Å². The quantitative estimate of drug-likeness (QED) is 0.639. The lowest BCUT2D eigenvalue weighted by molar-refractivity contribution is -0.116. The maximum absolute atomic E-state index is 12.4. The van der Waals surface area contributed by atoms with Gasteiger partial charge in [0.2, 0.25) is 5.91 Å². The second kappa shape index (κ2) is 8.08. The molecule has 27 heavy (non-hydrogen) atoms. The summed E-state index contributed by atoms with van der Waals surface area (Å²) in [5, 5.41) is 11.9. The summed E-state index contributed by atoms with van der Waals surface area (Å²) in [6, 6.07) is 8.27. The first-order chi connectivity index (χ1) is 12.9. The zero-order valence-electron chi connectivity index (χ0n) is 16.1. The zero-order chi connectivity index (χ0) is 19.6. The molecule has 0 atom stereocenters. The van der Waals surface area contributed by atoms with Gasteiger partial charge in [-0.15, -0.1) is 0 Å². The number of benzene rings is 1. The molecular formula is C20H24BrN5O. The molecule has 3 rings (SSSR count). The Labute approximate surface area is 167 Å². The minimum Gasteiger partial charge on any atom is -0.323 e. The van der Waals surface area contributed by atoms with Crippen molar-refractivity contribution in [2.75, 3.05) is 5.32 Å². The van der Waals surface area contributed by atoms with Crippen LogP contribution in [0.25, 0.3) is 0 Å². The molecule has 0 radical (unpaired) electrons. The third kappa shape index (κ3) is 4.30. The highest BCUT2D eigenvalue weighted by Crippen LogP contribution is 2.22. The topological polar surface area (TPSA) is 64.7 Å². The molecule has 0 saturated carbocycles. The minimum absolute atomic E-state index is 0.0392. The molecule has 2 aromatic heterocycles. The van der Waals surface area contributed by atoms with Gasteiger partial charge in [-0.25, -0.2) is 0 Å². The molecule has 1 aromatic carbocycles. The summed E-state index contributed by atoms with van der Waals surface area (Å²) >= 11 is 3.44. The van der Waals surface area contributed by atoms with E-state index in [9.17, 15) is 4.79 Å². The van der Waals surface area contributed by atoms with E-state index < -0.39 is 0 Å². The van der Waals surface area contributed by atoms with Crippen molar-refractivity contribution < 1.29 is 4.79 Å². The maximum Gasteiger partial charge on any atom is 0.226 e. The van der Waals surface area contributed by atoms with Gasteiger partial charge in [0.1, 0.15) is 0 Å². The SMILES string of the molecule is Cc1ccccc1Cn1nc(C)c(NC(=O)CCn2ncc(Br)c2C)c1C. The molecule has 0 spiro atoms. The molecule has 142 valence electrons. The summed E-state index contributed by atoms with van der Waals surface area (Å²) in [6.45, 7) is 9.21. The number of hydrogen-bond donors (Lipinski definition) is 1. The Hall–Kier alpha value is -2.41. The van der Waals surface area contributed by atoms with Crippen molar-refractivity contribution >= 4 is 27.5 Å². The summed E-state index contributed by atoms with van der Waals surface area (Å²) in [7, 11) is 0. The number of aryl methyl sites for hydroxylation is 3. The number of aromatic nitrogens is 4. The number of rotatable bonds is 6. The van der Waals surface area contributed by atoms with E-state index in [1.807, 2.05) is 42.3 Å². The van der Waals surface area contributed by atoms with Crippen molar-refractivity contribution in [2.45, 2.75) is 47.2 Å². The van der Waals surface area contributed by atoms with Crippen LogP contribution >= 0.6 is 15.9 Å². The number of anilines is 1. The summed E-state index contributed by atoms with van der Waals surface area (Å²) in [6.07, 6.45) is 2.11. The molecule has 0 aliphatic carbocycles. The number of nitrogens with zero attached hydrogens (tertiary/aromatic N) is 4. The lowest BCUT2D eigenvalue weighted by Gasteiger charge is -2.09. The largest absolute Gasteiger partial charge is 0.323 e. The molecule has 0 bridgehead atoms. The molecule has 1 N–H and O–H groups in total. The van der Waals surface area contributed by atoms with E-state index in [-0.39, 0.29) is 5.91 Å². The van der Waals surface area contributed by atoms with Gasteiger partial charge in [0.25, 0.3) is 0 Å². The predicted molar refractivity (Wildman–Crippen MR) is 110 cm³/mol. The molecule has 6 nitrogen and oxygen atoms in total. The van der Waals surface area contributed by atoms with Crippen LogP contribution in [-0.4, -0.2) is 25.5 Å². The Bertz CT molecular complexity index is 973. The Kier molecular flexibility index (Phi) is 5.79. The van der Waals surface area contributed by atoms with E-state index in [0.717, 1.165) is 27.2 Å². The first-order valence-corrected chi connectivity index (χ1v) is 9.72. The zero-order valence-corrected chi connectivity index (χ0v) is 17.7.